The second kappa shape index (κ2) is 2.43. The minimum Gasteiger partial charge on any atom is -0.389 e. The van der Waals surface area contributed by atoms with Gasteiger partial charge in [-0.1, -0.05) is 0 Å². The zero-order valence-corrected chi connectivity index (χ0v) is 7.56. The molecule has 1 unspecified atom stereocenters. The van der Waals surface area contributed by atoms with E-state index in [1.807, 2.05) is 0 Å². The molecule has 0 aromatic heterocycles. The fourth-order valence-corrected chi connectivity index (χ4v) is 2.12. The highest BCUT2D eigenvalue weighted by atomic mass is 32.2. The van der Waals surface area contributed by atoms with E-state index in [1.165, 1.54) is 4.31 Å². The van der Waals surface area contributed by atoms with Crippen LogP contribution in [0.4, 0.5) is 0 Å². The van der Waals surface area contributed by atoms with Crippen LogP contribution < -0.4 is 0 Å². The Labute approximate surface area is 66.9 Å². The van der Waals surface area contributed by atoms with Crippen molar-refractivity contribution < 1.29 is 13.5 Å². The maximum Gasteiger partial charge on any atom is 0.211 e. The van der Waals surface area contributed by atoms with Crippen molar-refractivity contribution in [2.75, 3.05) is 19.3 Å². The lowest BCUT2D eigenvalue weighted by Crippen LogP contribution is -2.33. The molecular weight excluding hydrogens is 166 g/mol. The maximum absolute atomic E-state index is 10.9. The zero-order valence-electron chi connectivity index (χ0n) is 6.74. The minimum absolute atomic E-state index is 0.228. The van der Waals surface area contributed by atoms with Crippen LogP contribution in [-0.4, -0.2) is 42.8 Å². The van der Waals surface area contributed by atoms with E-state index in [0.717, 1.165) is 6.26 Å². The first-order valence-electron chi connectivity index (χ1n) is 3.49. The summed E-state index contributed by atoms with van der Waals surface area (Å²) in [7, 11) is -3.10. The maximum atomic E-state index is 10.9. The molecule has 1 saturated heterocycles. The molecule has 11 heavy (non-hydrogen) atoms. The van der Waals surface area contributed by atoms with Gasteiger partial charge >= 0.3 is 0 Å². The fourth-order valence-electron chi connectivity index (χ4n) is 1.19. The van der Waals surface area contributed by atoms with Crippen LogP contribution in [0, 0.1) is 0 Å². The van der Waals surface area contributed by atoms with Crippen LogP contribution in [0.15, 0.2) is 0 Å². The van der Waals surface area contributed by atoms with Gasteiger partial charge in [0.1, 0.15) is 0 Å². The van der Waals surface area contributed by atoms with Gasteiger partial charge in [-0.15, -0.1) is 0 Å². The Morgan fingerprint density at radius 1 is 1.55 bits per heavy atom. The highest BCUT2D eigenvalue weighted by Crippen LogP contribution is 2.21. The first-order chi connectivity index (χ1) is 4.81. The van der Waals surface area contributed by atoms with E-state index in [-0.39, 0.29) is 6.54 Å². The molecule has 66 valence electrons. The van der Waals surface area contributed by atoms with Crippen LogP contribution in [0.25, 0.3) is 0 Å². The van der Waals surface area contributed by atoms with Crippen molar-refractivity contribution in [2.45, 2.75) is 18.9 Å². The van der Waals surface area contributed by atoms with E-state index in [0.29, 0.717) is 13.0 Å². The third-order valence-electron chi connectivity index (χ3n) is 1.89. The normalized spacial score (nSPS) is 34.5. The summed E-state index contributed by atoms with van der Waals surface area (Å²) in [6.45, 7) is 2.32. The van der Waals surface area contributed by atoms with Crippen molar-refractivity contribution >= 4 is 10.0 Å². The summed E-state index contributed by atoms with van der Waals surface area (Å²) in [6.07, 6.45) is 1.69. The van der Waals surface area contributed by atoms with Crippen molar-refractivity contribution in [3.63, 3.8) is 0 Å². The fraction of sp³-hybridized carbons (Fsp3) is 1.00. The quantitative estimate of drug-likeness (QED) is 0.585. The SMILES string of the molecule is CC1(O)CCN(S(C)(=O)=O)C1. The van der Waals surface area contributed by atoms with E-state index in [4.69, 9.17) is 0 Å². The van der Waals surface area contributed by atoms with Crippen LogP contribution in [0.1, 0.15) is 13.3 Å². The van der Waals surface area contributed by atoms with Crippen molar-refractivity contribution in [1.29, 1.82) is 0 Å². The molecule has 0 aliphatic carbocycles. The van der Waals surface area contributed by atoms with Gasteiger partial charge in [0, 0.05) is 13.1 Å². The zero-order chi connectivity index (χ0) is 8.70. The lowest BCUT2D eigenvalue weighted by Gasteiger charge is -2.16. The molecule has 5 heteroatoms. The van der Waals surface area contributed by atoms with Gasteiger partial charge < -0.3 is 5.11 Å². The number of nitrogens with zero attached hydrogens (tertiary/aromatic N) is 1. The van der Waals surface area contributed by atoms with Crippen LogP contribution in [0.3, 0.4) is 0 Å². The van der Waals surface area contributed by atoms with Gasteiger partial charge in [-0.2, -0.15) is 4.31 Å². The third kappa shape index (κ3) is 2.15. The summed E-state index contributed by atoms with van der Waals surface area (Å²) in [5, 5.41) is 9.42. The Morgan fingerprint density at radius 2 is 2.09 bits per heavy atom. The molecule has 1 atom stereocenters. The van der Waals surface area contributed by atoms with Gasteiger partial charge in [0.2, 0.25) is 10.0 Å². The van der Waals surface area contributed by atoms with Gasteiger partial charge in [-0.25, -0.2) is 8.42 Å². The van der Waals surface area contributed by atoms with E-state index in [9.17, 15) is 13.5 Å². The van der Waals surface area contributed by atoms with Crippen LogP contribution in [0.2, 0.25) is 0 Å². The molecule has 0 aromatic rings. The monoisotopic (exact) mass is 179 g/mol. The average Bonchev–Trinajstić information content (AvgIpc) is 2.07. The Kier molecular flexibility index (Phi) is 1.98. The van der Waals surface area contributed by atoms with Crippen molar-refractivity contribution in [3.05, 3.63) is 0 Å². The smallest absolute Gasteiger partial charge is 0.211 e. The number of hydrogen-bond acceptors (Lipinski definition) is 3. The molecule has 1 aliphatic rings. The predicted molar refractivity (Wildman–Crippen MR) is 41.7 cm³/mol. The molecule has 1 rings (SSSR count). The number of sulfonamides is 1. The molecule has 0 bridgehead atoms. The molecule has 0 spiro atoms. The average molecular weight is 179 g/mol. The Morgan fingerprint density at radius 3 is 2.27 bits per heavy atom. The van der Waals surface area contributed by atoms with Gasteiger partial charge in [0.05, 0.1) is 11.9 Å². The number of hydrogen-bond donors (Lipinski definition) is 1. The molecular formula is C6H13NO3S. The lowest BCUT2D eigenvalue weighted by molar-refractivity contribution is 0.0763. The van der Waals surface area contributed by atoms with Gasteiger partial charge in [-0.05, 0) is 13.3 Å². The molecule has 1 heterocycles. The Bertz CT molecular complexity index is 245. The molecule has 1 fully saturated rings. The highest BCUT2D eigenvalue weighted by molar-refractivity contribution is 7.88. The van der Waals surface area contributed by atoms with Crippen molar-refractivity contribution in [3.8, 4) is 0 Å². The summed E-state index contributed by atoms with van der Waals surface area (Å²) < 4.78 is 23.2. The van der Waals surface area contributed by atoms with E-state index in [2.05, 4.69) is 0 Å². The van der Waals surface area contributed by atoms with Crippen LogP contribution in [-0.2, 0) is 10.0 Å². The standard InChI is InChI=1S/C6H13NO3S/c1-6(8)3-4-7(5-6)11(2,9)10/h8H,3-5H2,1-2H3. The molecule has 0 radical (unpaired) electrons. The highest BCUT2D eigenvalue weighted by Gasteiger charge is 2.35. The summed E-state index contributed by atoms with van der Waals surface area (Å²) in [5.41, 5.74) is -0.830. The predicted octanol–water partition coefficient (Wildman–Crippen LogP) is -0.597. The number of rotatable bonds is 1. The molecule has 0 amide bonds. The van der Waals surface area contributed by atoms with Crippen molar-refractivity contribution in [1.82, 2.24) is 4.31 Å². The van der Waals surface area contributed by atoms with Gasteiger partial charge in [0.15, 0.2) is 0 Å². The first-order valence-corrected chi connectivity index (χ1v) is 5.34. The summed E-state index contributed by atoms with van der Waals surface area (Å²) in [4.78, 5) is 0. The second-order valence-electron chi connectivity index (χ2n) is 3.34. The molecule has 1 N–H and O–H groups in total. The van der Waals surface area contributed by atoms with Crippen LogP contribution in [0.5, 0.6) is 0 Å². The third-order valence-corrected chi connectivity index (χ3v) is 3.14. The molecule has 0 saturated carbocycles. The largest absolute Gasteiger partial charge is 0.389 e. The Hall–Kier alpha value is -0.130. The van der Waals surface area contributed by atoms with Crippen molar-refractivity contribution in [2.24, 2.45) is 0 Å². The van der Waals surface area contributed by atoms with Gasteiger partial charge in [0.25, 0.3) is 0 Å². The minimum atomic E-state index is -3.10. The van der Waals surface area contributed by atoms with Gasteiger partial charge in [-0.3, -0.25) is 0 Å². The lowest BCUT2D eigenvalue weighted by atomic mass is 10.1. The summed E-state index contributed by atoms with van der Waals surface area (Å²) in [5.74, 6) is 0. The Balaban J connectivity index is 2.71. The molecule has 0 aromatic carbocycles. The number of β-amino-alcohol motifs (C(OH)–C–C–N with tert-alkyl or cyclic N) is 1. The summed E-state index contributed by atoms with van der Waals surface area (Å²) in [6, 6.07) is 0. The molecule has 1 aliphatic heterocycles. The first kappa shape index (κ1) is 8.96. The second-order valence-corrected chi connectivity index (χ2v) is 5.33. The van der Waals surface area contributed by atoms with E-state index >= 15 is 0 Å². The number of aliphatic hydroxyl groups is 1. The van der Waals surface area contributed by atoms with Crippen LogP contribution >= 0.6 is 0 Å². The molecule has 4 nitrogen and oxygen atoms in total. The van der Waals surface area contributed by atoms with E-state index < -0.39 is 15.6 Å². The summed E-state index contributed by atoms with van der Waals surface area (Å²) >= 11 is 0. The van der Waals surface area contributed by atoms with E-state index in [1.54, 1.807) is 6.92 Å². The topological polar surface area (TPSA) is 57.6 Å².